The molecule has 0 radical (unpaired) electrons. The Labute approximate surface area is 796 Å². The molecule has 764 valence electrons. The molecular weight excluding hydrogens is 1760 g/mol. The molecule has 0 spiro atoms. The number of aldehydes is 2. The van der Waals surface area contributed by atoms with Crippen molar-refractivity contribution in [2.24, 2.45) is 0 Å². The van der Waals surface area contributed by atoms with Crippen LogP contribution >= 0.6 is 0 Å². The zero-order valence-corrected chi connectivity index (χ0v) is 80.4. The highest BCUT2D eigenvalue weighted by Crippen LogP contribution is 2.19. The maximum absolute atomic E-state index is 12.3. The predicted octanol–water partition coefficient (Wildman–Crippen LogP) is 12.8. The Hall–Kier alpha value is -9.69. The number of carboxylic acids is 4. The van der Waals surface area contributed by atoms with E-state index in [9.17, 15) is 91.7 Å². The quantitative estimate of drug-likeness (QED) is 0.0132. The van der Waals surface area contributed by atoms with Gasteiger partial charge in [0.25, 0.3) is 11.8 Å². The number of carbonyl (C=O) groups excluding carboxylic acids is 13. The van der Waals surface area contributed by atoms with Gasteiger partial charge in [-0.3, -0.25) is 67.1 Å². The second kappa shape index (κ2) is 83.7. The van der Waals surface area contributed by atoms with Crippen molar-refractivity contribution in [2.75, 3.05) is 119 Å². The number of imide groups is 1. The lowest BCUT2D eigenvalue weighted by atomic mass is 10.0. The van der Waals surface area contributed by atoms with Crippen LogP contribution in [0.15, 0.2) is 48.5 Å². The summed E-state index contributed by atoms with van der Waals surface area (Å²) in [5.74, 6) is -7.50. The van der Waals surface area contributed by atoms with Crippen molar-refractivity contribution in [1.82, 2.24) is 26.3 Å². The highest BCUT2D eigenvalue weighted by molar-refractivity contribution is 6.01. The van der Waals surface area contributed by atoms with Gasteiger partial charge in [0, 0.05) is 114 Å². The summed E-state index contributed by atoms with van der Waals surface area (Å²) in [6, 6.07) is 12.1. The first-order chi connectivity index (χ1) is 65.0. The summed E-state index contributed by atoms with van der Waals surface area (Å²) in [5, 5.41) is 47.2. The van der Waals surface area contributed by atoms with E-state index in [1.54, 1.807) is 24.3 Å². The number of ketones is 3. The van der Waals surface area contributed by atoms with E-state index in [4.69, 9.17) is 52.8 Å². The highest BCUT2D eigenvalue weighted by atomic mass is 16.7. The third-order valence-corrected chi connectivity index (χ3v) is 21.0. The number of carboxylic acid groups (broad SMARTS) is 4. The molecule has 1 heterocycles. The summed E-state index contributed by atoms with van der Waals surface area (Å²) >= 11 is 0. The fourth-order valence-corrected chi connectivity index (χ4v) is 13.5. The van der Waals surface area contributed by atoms with Gasteiger partial charge in [-0.25, -0.2) is 14.4 Å². The Morgan fingerprint density at radius 1 is 0.333 bits per heavy atom. The normalized spacial score (nSPS) is 12.1. The van der Waals surface area contributed by atoms with E-state index in [1.807, 2.05) is 45.0 Å². The van der Waals surface area contributed by atoms with Crippen LogP contribution in [0.4, 0.5) is 0 Å². The molecule has 8 N–H and O–H groups in total. The van der Waals surface area contributed by atoms with Gasteiger partial charge in [-0.15, -0.1) is 5.06 Å². The zero-order chi connectivity index (χ0) is 99.4. The Morgan fingerprint density at radius 2 is 0.644 bits per heavy atom. The summed E-state index contributed by atoms with van der Waals surface area (Å²) in [5.41, 5.74) is 2.81. The molecule has 0 bridgehead atoms. The van der Waals surface area contributed by atoms with Gasteiger partial charge < -0.3 is 89.2 Å². The van der Waals surface area contributed by atoms with E-state index in [1.165, 1.54) is 89.9 Å². The van der Waals surface area contributed by atoms with Crippen LogP contribution in [0.1, 0.15) is 335 Å². The average Bonchev–Trinajstić information content (AvgIpc) is 1.75. The summed E-state index contributed by atoms with van der Waals surface area (Å²) in [6.45, 7) is 7.92. The molecule has 1 aliphatic rings. The van der Waals surface area contributed by atoms with E-state index < -0.39 is 66.0 Å². The first kappa shape index (κ1) is 123. The topological polar surface area (TPSA) is 515 Å². The largest absolute Gasteiger partial charge is 0.481 e. The molecular formula is C99H157N5O31. The van der Waals surface area contributed by atoms with Gasteiger partial charge in [0.2, 0.25) is 23.6 Å². The number of ether oxygens (including phenoxy) is 9. The van der Waals surface area contributed by atoms with Crippen molar-refractivity contribution in [3.63, 3.8) is 0 Å². The Morgan fingerprint density at radius 3 is 0.978 bits per heavy atom. The molecule has 2 atom stereocenters. The monoisotopic (exact) mass is 1910 g/mol. The van der Waals surface area contributed by atoms with Crippen LogP contribution in [-0.4, -0.2) is 263 Å². The van der Waals surface area contributed by atoms with Gasteiger partial charge in [0.05, 0.1) is 66.1 Å². The SMILES string of the molecule is CC(C)(C)OC(=O)CCc1ccc(C=O)cc1.O=C(O)CCCCCCCCCCCCCCCCC(=O)N[C@@H](CCC(=O)CCCOCCOCC(=O)NCCOCCOCC(=O)ON1C(=O)CCC1=O)C(=O)O.O=Cc1ccc(CCC(=O)COCCOCCNC(=O)COCCOCCCC(=O)CC[C@H](NC(=O)CCCCCCCCCCCCCCCCC(=O)O)C(=O)O)cc1. The smallest absolute Gasteiger partial charge is 0.358 e. The van der Waals surface area contributed by atoms with Gasteiger partial charge in [-0.2, -0.15) is 0 Å². The van der Waals surface area contributed by atoms with Crippen LogP contribution in [0, 0.1) is 0 Å². The number of amides is 6. The number of Topliss-reactive ketones (excluding diaryl/α,β-unsaturated/α-hetero) is 3. The first-order valence-electron chi connectivity index (χ1n) is 48.6. The summed E-state index contributed by atoms with van der Waals surface area (Å²) < 4.78 is 47.8. The van der Waals surface area contributed by atoms with Gasteiger partial charge in [0.1, 0.15) is 68.3 Å². The third-order valence-electron chi connectivity index (χ3n) is 21.0. The summed E-state index contributed by atoms with van der Waals surface area (Å²) in [7, 11) is 0. The van der Waals surface area contributed by atoms with Gasteiger partial charge in [-0.1, -0.05) is 203 Å². The van der Waals surface area contributed by atoms with Crippen LogP contribution in [-0.2, 0) is 132 Å². The predicted molar refractivity (Wildman–Crippen MR) is 500 cm³/mol. The molecule has 2 aromatic carbocycles. The molecule has 36 nitrogen and oxygen atoms in total. The number of hydrogen-bond acceptors (Lipinski definition) is 27. The minimum atomic E-state index is -1.17. The number of nitrogens with one attached hydrogen (secondary N) is 4. The summed E-state index contributed by atoms with van der Waals surface area (Å²) in [4.78, 5) is 201. The van der Waals surface area contributed by atoms with Crippen LogP contribution in [0.25, 0.3) is 0 Å². The maximum atomic E-state index is 12.3. The number of aliphatic carboxylic acids is 4. The number of benzene rings is 2. The van der Waals surface area contributed by atoms with Crippen molar-refractivity contribution < 1.29 is 149 Å². The molecule has 2 aromatic rings. The minimum absolute atomic E-state index is 0.00343. The number of rotatable bonds is 87. The highest BCUT2D eigenvalue weighted by Gasteiger charge is 2.33. The maximum Gasteiger partial charge on any atom is 0.358 e. The van der Waals surface area contributed by atoms with Crippen molar-refractivity contribution in [2.45, 2.75) is 334 Å². The van der Waals surface area contributed by atoms with Crippen LogP contribution in [0.3, 0.4) is 0 Å². The molecule has 1 aliphatic heterocycles. The standard InChI is InChI=1S/C45H72N2O13.C40H67N3O15.C14H18O3/c48-34-38-21-19-37(20-22-38)23-24-40(50)35-59-32-31-58-29-27-46-43(52)36-60-33-30-57-28-15-16-39(49)25-26-41(45(55)56)47-42(51)17-13-11-9-7-5-3-1-2-4-6-8-10-12-14-18-44(53)54;44-32(19-20-33(40(52)53)42-34(45)17-13-11-9-7-5-3-1-2-4-6-8-10-12-14-18-38(49)50)16-15-24-54-26-28-56-30-35(46)41-23-25-55-27-29-57-31-39(51)58-43-36(47)21-22-37(43)48;1-14(2,3)17-13(16)9-8-11-4-6-12(10-15)7-5-11/h19-22,34,41H,1-18,23-33,35-36H2,(H,46,52)(H,47,51)(H,53,54)(H,55,56);33H,1-31H2,(H,41,46)(H,42,45)(H,49,50)(H,52,53);4-7,10H,8-9H2,1-3H3/t41-;33-;/m00./s1. The molecule has 1 fully saturated rings. The van der Waals surface area contributed by atoms with Crippen molar-refractivity contribution in [3.8, 4) is 0 Å². The third kappa shape index (κ3) is 78.1. The van der Waals surface area contributed by atoms with Crippen molar-refractivity contribution in [3.05, 3.63) is 70.8 Å². The number of aryl methyl sites for hydroxylation is 2. The molecule has 0 aromatic heterocycles. The van der Waals surface area contributed by atoms with Crippen molar-refractivity contribution >= 4 is 101 Å². The van der Waals surface area contributed by atoms with Gasteiger partial charge >= 0.3 is 35.8 Å². The fourth-order valence-electron chi connectivity index (χ4n) is 13.5. The van der Waals surface area contributed by atoms with Gasteiger partial charge in [0.15, 0.2) is 5.78 Å². The number of hydroxylamine groups is 2. The van der Waals surface area contributed by atoms with E-state index in [2.05, 4.69) is 26.1 Å². The van der Waals surface area contributed by atoms with Crippen LogP contribution < -0.4 is 21.3 Å². The fraction of sp³-hybridized carbons (Fsp3) is 0.707. The van der Waals surface area contributed by atoms with Crippen molar-refractivity contribution in [1.29, 1.82) is 0 Å². The Bertz CT molecular complexity index is 3630. The van der Waals surface area contributed by atoms with E-state index in [0.29, 0.717) is 87.3 Å². The summed E-state index contributed by atoms with van der Waals surface area (Å²) in [6.07, 6.45) is 36.2. The molecule has 135 heavy (non-hydrogen) atoms. The Kier molecular flexibility index (Phi) is 76.4. The van der Waals surface area contributed by atoms with Crippen LogP contribution in [0.5, 0.6) is 0 Å². The number of carbonyl (C=O) groups is 17. The molecule has 0 unspecified atom stereocenters. The zero-order valence-electron chi connectivity index (χ0n) is 80.4. The second-order valence-electron chi connectivity index (χ2n) is 34.2. The average molecular weight is 1910 g/mol. The number of nitrogens with zero attached hydrogens (tertiary/aromatic N) is 1. The molecule has 1 saturated heterocycles. The van der Waals surface area contributed by atoms with Crippen LogP contribution in [0.2, 0.25) is 0 Å². The molecule has 36 heteroatoms. The van der Waals surface area contributed by atoms with E-state index in [-0.39, 0.29) is 216 Å². The van der Waals surface area contributed by atoms with E-state index >= 15 is 0 Å². The van der Waals surface area contributed by atoms with E-state index in [0.717, 1.165) is 101 Å². The first-order valence-corrected chi connectivity index (χ1v) is 48.6. The molecule has 3 rings (SSSR count). The second-order valence-corrected chi connectivity index (χ2v) is 34.2. The lowest BCUT2D eigenvalue weighted by Crippen LogP contribution is -2.41. The lowest BCUT2D eigenvalue weighted by molar-refractivity contribution is -0.200. The number of esters is 1. The number of hydrogen-bond donors (Lipinski definition) is 8. The molecule has 0 saturated carbocycles. The minimum Gasteiger partial charge on any atom is -0.481 e. The molecule has 0 aliphatic carbocycles. The number of unbranched alkanes of at least 4 members (excludes halogenated alkanes) is 26. The lowest BCUT2D eigenvalue weighted by Gasteiger charge is -2.19. The Balaban J connectivity index is 0.00000115. The molecule has 6 amide bonds. The van der Waals surface area contributed by atoms with Gasteiger partial charge in [-0.05, 0) is 96.1 Å².